The maximum Gasteiger partial charge on any atom is 0.415 e. The van der Waals surface area contributed by atoms with Gasteiger partial charge in [0.15, 0.2) is 0 Å². The topological polar surface area (TPSA) is 58.6 Å². The van der Waals surface area contributed by atoms with Crippen molar-refractivity contribution in [3.05, 3.63) is 24.3 Å². The van der Waals surface area contributed by atoms with Crippen molar-refractivity contribution in [3.8, 4) is 11.5 Å². The number of carbonyl (C=O) groups is 2. The average molecular weight is 248 g/mol. The monoisotopic (exact) mass is 248 g/mol. The molecule has 0 aromatic heterocycles. The molecule has 0 atom stereocenters. The largest absolute Gasteiger partial charge is 0.415 e. The highest BCUT2D eigenvalue weighted by atomic mass is 16.6. The first-order chi connectivity index (χ1) is 8.72. The number of hydrogen-bond acceptors (Lipinski definition) is 4. The lowest BCUT2D eigenvalue weighted by molar-refractivity contribution is 0.183. The number of amides is 2. The van der Waals surface area contributed by atoms with Gasteiger partial charge in [0.1, 0.15) is 11.5 Å². The zero-order valence-corrected chi connectivity index (χ0v) is 9.67. The highest BCUT2D eigenvalue weighted by Gasteiger charge is 2.27. The number of rotatable bonds is 2. The number of hydrogen-bond donors (Lipinski definition) is 0. The average Bonchev–Trinajstić information content (AvgIpc) is 3.22. The van der Waals surface area contributed by atoms with E-state index in [1.54, 1.807) is 34.1 Å². The molecule has 6 heteroatoms. The van der Waals surface area contributed by atoms with Gasteiger partial charge < -0.3 is 19.3 Å². The Kier molecular flexibility index (Phi) is 2.55. The lowest BCUT2D eigenvalue weighted by atomic mass is 10.3. The smallest absolute Gasteiger partial charge is 0.410 e. The van der Waals surface area contributed by atoms with Crippen LogP contribution in [0.4, 0.5) is 9.59 Å². The maximum absolute atomic E-state index is 11.3. The first-order valence-corrected chi connectivity index (χ1v) is 5.76. The molecule has 0 radical (unpaired) electrons. The molecule has 0 saturated carbocycles. The second-order valence-electron chi connectivity index (χ2n) is 4.18. The van der Waals surface area contributed by atoms with Gasteiger partial charge in [0.2, 0.25) is 0 Å². The van der Waals surface area contributed by atoms with Gasteiger partial charge in [-0.2, -0.15) is 0 Å². The van der Waals surface area contributed by atoms with Gasteiger partial charge in [-0.05, 0) is 24.3 Å². The third-order valence-corrected chi connectivity index (χ3v) is 2.64. The molecular weight excluding hydrogens is 236 g/mol. The Morgan fingerprint density at radius 1 is 0.778 bits per heavy atom. The van der Waals surface area contributed by atoms with Crippen LogP contribution in [0.1, 0.15) is 0 Å². The summed E-state index contributed by atoms with van der Waals surface area (Å²) >= 11 is 0. The minimum Gasteiger partial charge on any atom is -0.410 e. The van der Waals surface area contributed by atoms with Crippen LogP contribution in [0.2, 0.25) is 0 Å². The Morgan fingerprint density at radius 3 is 1.39 bits per heavy atom. The van der Waals surface area contributed by atoms with Crippen LogP contribution in [0.5, 0.6) is 11.5 Å². The molecule has 0 aliphatic carbocycles. The minimum atomic E-state index is -0.344. The molecule has 0 bridgehead atoms. The van der Waals surface area contributed by atoms with Gasteiger partial charge in [-0.3, -0.25) is 0 Å². The van der Waals surface area contributed by atoms with E-state index in [2.05, 4.69) is 0 Å². The molecule has 2 saturated heterocycles. The molecule has 3 rings (SSSR count). The highest BCUT2D eigenvalue weighted by molar-refractivity contribution is 5.74. The fourth-order valence-electron chi connectivity index (χ4n) is 1.37. The Balaban J connectivity index is 1.57. The second kappa shape index (κ2) is 4.21. The Bertz CT molecular complexity index is 432. The number of benzene rings is 1. The van der Waals surface area contributed by atoms with Crippen LogP contribution >= 0.6 is 0 Å². The summed E-state index contributed by atoms with van der Waals surface area (Å²) < 4.78 is 10.2. The summed E-state index contributed by atoms with van der Waals surface area (Å²) in [6, 6.07) is 6.41. The van der Waals surface area contributed by atoms with E-state index in [1.807, 2.05) is 0 Å². The molecule has 94 valence electrons. The van der Waals surface area contributed by atoms with E-state index in [9.17, 15) is 9.59 Å². The summed E-state index contributed by atoms with van der Waals surface area (Å²) in [4.78, 5) is 25.8. The summed E-state index contributed by atoms with van der Waals surface area (Å²) in [5.41, 5.74) is 0. The van der Waals surface area contributed by atoms with E-state index >= 15 is 0 Å². The van der Waals surface area contributed by atoms with Gasteiger partial charge in [-0.25, -0.2) is 9.59 Å². The predicted molar refractivity (Wildman–Crippen MR) is 61.6 cm³/mol. The van der Waals surface area contributed by atoms with Crippen molar-refractivity contribution >= 4 is 12.2 Å². The van der Waals surface area contributed by atoms with Gasteiger partial charge in [0, 0.05) is 26.2 Å². The van der Waals surface area contributed by atoms with E-state index in [0.717, 1.165) is 26.2 Å². The van der Waals surface area contributed by atoms with Gasteiger partial charge in [-0.15, -0.1) is 0 Å². The van der Waals surface area contributed by atoms with Crippen molar-refractivity contribution in [1.82, 2.24) is 9.80 Å². The van der Waals surface area contributed by atoms with E-state index in [1.165, 1.54) is 0 Å². The molecule has 0 unspecified atom stereocenters. The van der Waals surface area contributed by atoms with Crippen molar-refractivity contribution in [1.29, 1.82) is 0 Å². The first-order valence-electron chi connectivity index (χ1n) is 5.76. The predicted octanol–water partition coefficient (Wildman–Crippen LogP) is 1.32. The zero-order valence-electron chi connectivity index (χ0n) is 9.67. The molecule has 18 heavy (non-hydrogen) atoms. The van der Waals surface area contributed by atoms with Crippen LogP contribution in [0.15, 0.2) is 24.3 Å². The Morgan fingerprint density at radius 2 is 1.11 bits per heavy atom. The third kappa shape index (κ3) is 2.53. The summed E-state index contributed by atoms with van der Waals surface area (Å²) in [5.74, 6) is 0.886. The molecule has 2 aliphatic rings. The van der Waals surface area contributed by atoms with Gasteiger partial charge in [0.25, 0.3) is 0 Å². The van der Waals surface area contributed by atoms with Crippen molar-refractivity contribution in [2.75, 3.05) is 26.2 Å². The van der Waals surface area contributed by atoms with Gasteiger partial charge in [0.05, 0.1) is 0 Å². The molecule has 0 N–H and O–H groups in total. The summed E-state index contributed by atoms with van der Waals surface area (Å²) in [6.45, 7) is 3.02. The Labute approximate surface area is 104 Å². The van der Waals surface area contributed by atoms with Gasteiger partial charge in [-0.1, -0.05) is 0 Å². The van der Waals surface area contributed by atoms with Crippen LogP contribution < -0.4 is 9.47 Å². The standard InChI is InChI=1S/C12H12N2O4/c15-11(13-5-6-13)17-9-1-2-10(4-3-9)18-12(16)14-7-8-14/h1-4H,5-8H2. The molecule has 2 amide bonds. The minimum absolute atomic E-state index is 0.344. The third-order valence-electron chi connectivity index (χ3n) is 2.64. The fourth-order valence-corrected chi connectivity index (χ4v) is 1.37. The number of ether oxygens (including phenoxy) is 2. The molecule has 2 aliphatic heterocycles. The molecule has 1 aromatic carbocycles. The van der Waals surface area contributed by atoms with Crippen LogP contribution in [-0.2, 0) is 0 Å². The number of nitrogens with zero attached hydrogens (tertiary/aromatic N) is 2. The quantitative estimate of drug-likeness (QED) is 0.740. The summed E-state index contributed by atoms with van der Waals surface area (Å²) in [6.07, 6.45) is -0.687. The summed E-state index contributed by atoms with van der Waals surface area (Å²) in [5, 5.41) is 0. The van der Waals surface area contributed by atoms with E-state index in [0.29, 0.717) is 11.5 Å². The van der Waals surface area contributed by atoms with E-state index in [4.69, 9.17) is 9.47 Å². The SMILES string of the molecule is O=C(Oc1ccc(OC(=O)N2CC2)cc1)N1CC1. The maximum atomic E-state index is 11.3. The number of carbonyl (C=O) groups excluding carboxylic acids is 2. The van der Waals surface area contributed by atoms with Crippen molar-refractivity contribution < 1.29 is 19.1 Å². The van der Waals surface area contributed by atoms with Crippen LogP contribution in [0, 0.1) is 0 Å². The van der Waals surface area contributed by atoms with Crippen molar-refractivity contribution in [2.24, 2.45) is 0 Å². The molecule has 2 heterocycles. The molecule has 0 spiro atoms. The van der Waals surface area contributed by atoms with Crippen LogP contribution in [-0.4, -0.2) is 48.2 Å². The molecule has 1 aromatic rings. The zero-order chi connectivity index (χ0) is 12.5. The van der Waals surface area contributed by atoms with E-state index in [-0.39, 0.29) is 12.2 Å². The van der Waals surface area contributed by atoms with Crippen molar-refractivity contribution in [3.63, 3.8) is 0 Å². The lowest BCUT2D eigenvalue weighted by Gasteiger charge is -2.06. The van der Waals surface area contributed by atoms with E-state index < -0.39 is 0 Å². The highest BCUT2D eigenvalue weighted by Crippen LogP contribution is 2.20. The first kappa shape index (κ1) is 10.9. The summed E-state index contributed by atoms with van der Waals surface area (Å²) in [7, 11) is 0. The Hall–Kier alpha value is -2.24. The van der Waals surface area contributed by atoms with Crippen LogP contribution in [0.3, 0.4) is 0 Å². The molecule has 6 nitrogen and oxygen atoms in total. The van der Waals surface area contributed by atoms with Crippen LogP contribution in [0.25, 0.3) is 0 Å². The molecule has 2 fully saturated rings. The second-order valence-corrected chi connectivity index (χ2v) is 4.18. The van der Waals surface area contributed by atoms with Gasteiger partial charge >= 0.3 is 12.2 Å². The lowest BCUT2D eigenvalue weighted by Crippen LogP contribution is -2.16. The van der Waals surface area contributed by atoms with Crippen molar-refractivity contribution in [2.45, 2.75) is 0 Å². The normalized spacial score (nSPS) is 16.2. The molecular formula is C12H12N2O4. The fraction of sp³-hybridized carbons (Fsp3) is 0.333.